The van der Waals surface area contributed by atoms with Gasteiger partial charge in [-0.15, -0.1) is 0 Å². The Balaban J connectivity index is 1.83. The van der Waals surface area contributed by atoms with Crippen LogP contribution in [0.5, 0.6) is 0 Å². The molecule has 0 saturated heterocycles. The molecular formula is C27H28ClFN4O6. The number of aromatic nitrogens is 2. The molecule has 0 spiro atoms. The maximum Gasteiger partial charge on any atom is 0.346 e. The number of carboxylic acid groups (broad SMARTS) is 1. The van der Waals surface area contributed by atoms with Crippen molar-refractivity contribution < 1.29 is 33.4 Å². The van der Waals surface area contributed by atoms with Crippen LogP contribution in [-0.4, -0.2) is 56.6 Å². The standard InChI is InChI=1S/C27H28ClFN4O6/c1-15(2)10-25(35)39-24(27(37)38)14-33(32-26(36)23-12-22(16(3)34)30-31-23)13-17-4-6-18(7-5-17)20-11-19(28)8-9-21(20)29/h4-9,11-12,15,24H,10,13-14H2,1-3H3,(H,30,31)(H,32,36)(H,37,38)/t24-/m1/s1. The number of hydrogen-bond donors (Lipinski definition) is 3. The maximum atomic E-state index is 14.3. The van der Waals surface area contributed by atoms with E-state index in [-0.39, 0.29) is 42.6 Å². The first kappa shape index (κ1) is 29.5. The zero-order valence-electron chi connectivity index (χ0n) is 21.5. The molecule has 0 fully saturated rings. The normalized spacial score (nSPS) is 11.9. The number of aromatic amines is 1. The number of carbonyl (C=O) groups excluding carboxylic acids is 3. The number of aliphatic carboxylic acids is 1. The fourth-order valence-electron chi connectivity index (χ4n) is 3.61. The Morgan fingerprint density at radius 1 is 1.13 bits per heavy atom. The van der Waals surface area contributed by atoms with Crippen LogP contribution in [0.4, 0.5) is 4.39 Å². The van der Waals surface area contributed by atoms with Crippen LogP contribution in [0.3, 0.4) is 0 Å². The van der Waals surface area contributed by atoms with Gasteiger partial charge in [0.15, 0.2) is 5.78 Å². The molecule has 0 aliphatic carbocycles. The number of carbonyl (C=O) groups is 4. The van der Waals surface area contributed by atoms with Crippen molar-refractivity contribution in [3.05, 3.63) is 76.3 Å². The molecule has 1 amide bonds. The largest absolute Gasteiger partial charge is 0.478 e. The monoisotopic (exact) mass is 558 g/mol. The van der Waals surface area contributed by atoms with Crippen LogP contribution < -0.4 is 5.43 Å². The minimum atomic E-state index is -1.58. The van der Waals surface area contributed by atoms with Gasteiger partial charge in [0.05, 0.1) is 6.54 Å². The number of halogens is 2. The van der Waals surface area contributed by atoms with E-state index in [9.17, 15) is 28.7 Å². The van der Waals surface area contributed by atoms with Crippen molar-refractivity contribution in [3.8, 4) is 11.1 Å². The molecule has 0 unspecified atom stereocenters. The fraction of sp³-hybridized carbons (Fsp3) is 0.296. The molecule has 10 nitrogen and oxygen atoms in total. The molecule has 3 N–H and O–H groups in total. The summed E-state index contributed by atoms with van der Waals surface area (Å²) in [5.74, 6) is -3.60. The number of ether oxygens (including phenoxy) is 1. The number of ketones is 1. The average Bonchev–Trinajstić information content (AvgIpc) is 3.36. The highest BCUT2D eigenvalue weighted by Gasteiger charge is 2.27. The molecule has 3 aromatic rings. The Labute approximate surface area is 229 Å². The molecular weight excluding hydrogens is 531 g/mol. The molecule has 0 radical (unpaired) electrons. The number of rotatable bonds is 12. The van der Waals surface area contributed by atoms with Crippen molar-refractivity contribution in [1.29, 1.82) is 0 Å². The minimum Gasteiger partial charge on any atom is -0.478 e. The summed E-state index contributed by atoms with van der Waals surface area (Å²) in [7, 11) is 0. The van der Waals surface area contributed by atoms with E-state index in [1.54, 1.807) is 38.1 Å². The van der Waals surface area contributed by atoms with Gasteiger partial charge in [0.2, 0.25) is 6.10 Å². The van der Waals surface area contributed by atoms with Crippen molar-refractivity contribution in [2.75, 3.05) is 6.54 Å². The van der Waals surface area contributed by atoms with Crippen LogP contribution in [0, 0.1) is 11.7 Å². The number of H-pyrrole nitrogens is 1. The van der Waals surface area contributed by atoms with E-state index in [4.69, 9.17) is 16.3 Å². The zero-order valence-corrected chi connectivity index (χ0v) is 22.3. The Bertz CT molecular complexity index is 1360. The van der Waals surface area contributed by atoms with Crippen LogP contribution in [0.25, 0.3) is 11.1 Å². The predicted octanol–water partition coefficient (Wildman–Crippen LogP) is 4.26. The van der Waals surface area contributed by atoms with Gasteiger partial charge in [-0.25, -0.2) is 14.2 Å². The molecule has 2 aromatic carbocycles. The molecule has 12 heteroatoms. The summed E-state index contributed by atoms with van der Waals surface area (Å²) in [5, 5.41) is 17.6. The molecule has 1 atom stereocenters. The van der Waals surface area contributed by atoms with Gasteiger partial charge in [-0.1, -0.05) is 49.7 Å². The Kier molecular flexibility index (Phi) is 9.91. The lowest BCUT2D eigenvalue weighted by Gasteiger charge is -2.26. The number of benzene rings is 2. The number of Topliss-reactive ketones (excluding diaryl/α,β-unsaturated/α-hetero) is 1. The molecule has 206 valence electrons. The highest BCUT2D eigenvalue weighted by molar-refractivity contribution is 6.30. The molecule has 0 saturated carbocycles. The molecule has 1 aromatic heterocycles. The van der Waals surface area contributed by atoms with Crippen LogP contribution >= 0.6 is 11.6 Å². The van der Waals surface area contributed by atoms with Crippen molar-refractivity contribution >= 4 is 35.2 Å². The number of hydrazine groups is 1. The molecule has 3 rings (SSSR count). The SMILES string of the molecule is CC(=O)c1cc(C(=O)NN(Cc2ccc(-c3cc(Cl)ccc3F)cc2)C[C@@H](OC(=O)CC(C)C)C(=O)O)[nH]n1. The fourth-order valence-corrected chi connectivity index (χ4v) is 3.78. The van der Waals surface area contributed by atoms with Crippen LogP contribution in [0.2, 0.25) is 5.02 Å². The lowest BCUT2D eigenvalue weighted by Crippen LogP contribution is -2.48. The maximum absolute atomic E-state index is 14.3. The minimum absolute atomic E-state index is 0.00324. The highest BCUT2D eigenvalue weighted by Crippen LogP contribution is 2.26. The van der Waals surface area contributed by atoms with E-state index in [1.165, 1.54) is 36.2 Å². The van der Waals surface area contributed by atoms with E-state index in [2.05, 4.69) is 15.6 Å². The molecule has 1 heterocycles. The van der Waals surface area contributed by atoms with Crippen LogP contribution in [0.1, 0.15) is 53.7 Å². The second kappa shape index (κ2) is 13.1. The van der Waals surface area contributed by atoms with Crippen molar-refractivity contribution in [2.24, 2.45) is 5.92 Å². The number of nitrogens with one attached hydrogen (secondary N) is 2. The summed E-state index contributed by atoms with van der Waals surface area (Å²) in [4.78, 5) is 48.5. The molecule has 39 heavy (non-hydrogen) atoms. The molecule has 0 aliphatic heterocycles. The van der Waals surface area contributed by atoms with Gasteiger partial charge in [-0.2, -0.15) is 5.10 Å². The third-order valence-electron chi connectivity index (χ3n) is 5.52. The van der Waals surface area contributed by atoms with Gasteiger partial charge in [0, 0.05) is 30.5 Å². The number of esters is 1. The third kappa shape index (κ3) is 8.45. The van der Waals surface area contributed by atoms with Crippen LogP contribution in [-0.2, 0) is 20.9 Å². The first-order valence-electron chi connectivity index (χ1n) is 12.0. The van der Waals surface area contributed by atoms with Crippen molar-refractivity contribution in [1.82, 2.24) is 20.6 Å². The summed E-state index contributed by atoms with van der Waals surface area (Å²) < 4.78 is 19.4. The lowest BCUT2D eigenvalue weighted by atomic mass is 10.0. The van der Waals surface area contributed by atoms with E-state index in [0.717, 1.165) is 0 Å². The lowest BCUT2D eigenvalue weighted by molar-refractivity contribution is -0.166. The second-order valence-corrected chi connectivity index (χ2v) is 9.72. The number of hydrogen-bond acceptors (Lipinski definition) is 7. The molecule has 0 aliphatic rings. The van der Waals surface area contributed by atoms with Gasteiger partial charge >= 0.3 is 11.9 Å². The number of nitrogens with zero attached hydrogens (tertiary/aromatic N) is 2. The Hall–Kier alpha value is -4.09. The summed E-state index contributed by atoms with van der Waals surface area (Å²) in [6, 6.07) is 12.2. The topological polar surface area (TPSA) is 142 Å². The average molecular weight is 559 g/mol. The van der Waals surface area contributed by atoms with E-state index < -0.39 is 29.8 Å². The van der Waals surface area contributed by atoms with Gasteiger partial charge in [0.25, 0.3) is 5.91 Å². The summed E-state index contributed by atoms with van der Waals surface area (Å²) in [6.07, 6.45) is -1.55. The quantitative estimate of drug-likeness (QED) is 0.170. The number of amides is 1. The Morgan fingerprint density at radius 2 is 1.82 bits per heavy atom. The Morgan fingerprint density at radius 3 is 2.41 bits per heavy atom. The first-order valence-corrected chi connectivity index (χ1v) is 12.4. The zero-order chi connectivity index (χ0) is 28.7. The second-order valence-electron chi connectivity index (χ2n) is 9.28. The van der Waals surface area contributed by atoms with E-state index in [1.807, 2.05) is 0 Å². The number of carboxylic acids is 1. The smallest absolute Gasteiger partial charge is 0.346 e. The van der Waals surface area contributed by atoms with Crippen LogP contribution in [0.15, 0.2) is 48.5 Å². The van der Waals surface area contributed by atoms with E-state index in [0.29, 0.717) is 21.7 Å². The van der Waals surface area contributed by atoms with E-state index >= 15 is 0 Å². The van der Waals surface area contributed by atoms with Gasteiger partial charge < -0.3 is 9.84 Å². The first-order chi connectivity index (χ1) is 18.4. The highest BCUT2D eigenvalue weighted by atomic mass is 35.5. The third-order valence-corrected chi connectivity index (χ3v) is 5.76. The van der Waals surface area contributed by atoms with Crippen molar-refractivity contribution in [2.45, 2.75) is 39.8 Å². The predicted molar refractivity (Wildman–Crippen MR) is 140 cm³/mol. The summed E-state index contributed by atoms with van der Waals surface area (Å²) in [5.41, 5.74) is 4.11. The van der Waals surface area contributed by atoms with Gasteiger partial charge in [0.1, 0.15) is 17.2 Å². The summed E-state index contributed by atoms with van der Waals surface area (Å²) >= 11 is 6.00. The van der Waals surface area contributed by atoms with Crippen molar-refractivity contribution in [3.63, 3.8) is 0 Å². The van der Waals surface area contributed by atoms with Gasteiger partial charge in [-0.05, 0) is 41.3 Å². The summed E-state index contributed by atoms with van der Waals surface area (Å²) in [6.45, 7) is 4.50. The molecule has 0 bridgehead atoms. The van der Waals surface area contributed by atoms with Gasteiger partial charge in [-0.3, -0.25) is 24.9 Å².